The van der Waals surface area contributed by atoms with Gasteiger partial charge in [-0.2, -0.15) is 0 Å². The van der Waals surface area contributed by atoms with Gasteiger partial charge in [0.2, 0.25) is 0 Å². The molecule has 0 saturated carbocycles. The minimum absolute atomic E-state index is 0.269. The van der Waals surface area contributed by atoms with Crippen molar-refractivity contribution in [3.63, 3.8) is 0 Å². The highest BCUT2D eigenvalue weighted by Gasteiger charge is 2.23. The molecule has 1 saturated heterocycles. The number of fused-ring (bicyclic) bond motifs is 1. The molecule has 1 aromatic heterocycles. The Morgan fingerprint density at radius 3 is 2.66 bits per heavy atom. The number of ether oxygens (including phenoxy) is 2. The third-order valence-corrected chi connectivity index (χ3v) is 5.83. The highest BCUT2D eigenvalue weighted by atomic mass is 35.5. The van der Waals surface area contributed by atoms with E-state index in [0.717, 1.165) is 62.8 Å². The van der Waals surface area contributed by atoms with E-state index >= 15 is 0 Å². The molecule has 6 heteroatoms. The van der Waals surface area contributed by atoms with E-state index in [4.69, 9.17) is 26.1 Å². The summed E-state index contributed by atoms with van der Waals surface area (Å²) < 4.78 is 13.7. The third-order valence-electron chi connectivity index (χ3n) is 5.52. The van der Waals surface area contributed by atoms with Gasteiger partial charge in [-0.15, -0.1) is 0 Å². The summed E-state index contributed by atoms with van der Waals surface area (Å²) in [7, 11) is 0. The average molecular weight is 414 g/mol. The Kier molecular flexibility index (Phi) is 6.70. The van der Waals surface area contributed by atoms with Gasteiger partial charge in [-0.25, -0.2) is 4.98 Å². The van der Waals surface area contributed by atoms with Gasteiger partial charge in [0.15, 0.2) is 0 Å². The van der Waals surface area contributed by atoms with Crippen molar-refractivity contribution in [3.05, 3.63) is 59.4 Å². The van der Waals surface area contributed by atoms with E-state index in [1.54, 1.807) is 0 Å². The third kappa shape index (κ3) is 4.74. The van der Waals surface area contributed by atoms with Crippen molar-refractivity contribution >= 4 is 22.6 Å². The average Bonchev–Trinajstić information content (AvgIpc) is 3.13. The van der Waals surface area contributed by atoms with Crippen LogP contribution in [0.15, 0.2) is 48.5 Å². The Hall–Kier alpha value is -2.08. The number of rotatable bonds is 8. The van der Waals surface area contributed by atoms with Crippen LogP contribution in [-0.2, 0) is 11.3 Å². The second-order valence-electron chi connectivity index (χ2n) is 7.42. The molecule has 0 amide bonds. The van der Waals surface area contributed by atoms with Gasteiger partial charge >= 0.3 is 0 Å². The van der Waals surface area contributed by atoms with Crippen LogP contribution in [0.3, 0.4) is 0 Å². The van der Waals surface area contributed by atoms with Crippen LogP contribution in [0.2, 0.25) is 5.02 Å². The first-order valence-corrected chi connectivity index (χ1v) is 10.8. The molecule has 0 bridgehead atoms. The maximum absolute atomic E-state index is 6.16. The number of hydrogen-bond acceptors (Lipinski definition) is 4. The van der Waals surface area contributed by atoms with Crippen molar-refractivity contribution in [1.29, 1.82) is 0 Å². The lowest BCUT2D eigenvalue weighted by molar-refractivity contribution is 0.0176. The fraction of sp³-hybridized carbons (Fsp3) is 0.435. The van der Waals surface area contributed by atoms with Gasteiger partial charge in [-0.1, -0.05) is 35.9 Å². The quantitative estimate of drug-likeness (QED) is 0.490. The molecular formula is C23H28ClN3O2. The number of halogens is 1. The Bertz CT molecular complexity index is 937. The summed E-state index contributed by atoms with van der Waals surface area (Å²) in [5, 5.41) is 0.662. The van der Waals surface area contributed by atoms with E-state index in [1.807, 2.05) is 24.3 Å². The summed E-state index contributed by atoms with van der Waals surface area (Å²) in [4.78, 5) is 7.44. The predicted octanol–water partition coefficient (Wildman–Crippen LogP) is 4.94. The number of aromatic nitrogens is 2. The van der Waals surface area contributed by atoms with E-state index in [0.29, 0.717) is 11.6 Å². The Balaban J connectivity index is 1.42. The van der Waals surface area contributed by atoms with Crippen molar-refractivity contribution < 1.29 is 9.47 Å². The molecule has 0 aliphatic carbocycles. The van der Waals surface area contributed by atoms with Crippen molar-refractivity contribution in [1.82, 2.24) is 14.5 Å². The molecule has 0 spiro atoms. The summed E-state index contributed by atoms with van der Waals surface area (Å²) in [6, 6.07) is 16.3. The second kappa shape index (κ2) is 9.61. The maximum atomic E-state index is 6.16. The lowest BCUT2D eigenvalue weighted by Gasteiger charge is -2.32. The van der Waals surface area contributed by atoms with Gasteiger partial charge in [0.05, 0.1) is 41.9 Å². The summed E-state index contributed by atoms with van der Waals surface area (Å²) in [5.74, 6) is 1.89. The fourth-order valence-corrected chi connectivity index (χ4v) is 4.08. The van der Waals surface area contributed by atoms with Gasteiger partial charge in [0.25, 0.3) is 0 Å². The van der Waals surface area contributed by atoms with E-state index in [-0.39, 0.29) is 6.04 Å². The first-order chi connectivity index (χ1) is 14.2. The minimum Gasteiger partial charge on any atom is -0.492 e. The molecule has 1 unspecified atom stereocenters. The van der Waals surface area contributed by atoms with Crippen LogP contribution in [-0.4, -0.2) is 47.4 Å². The molecule has 1 aliphatic heterocycles. The summed E-state index contributed by atoms with van der Waals surface area (Å²) in [6.07, 6.45) is 1.98. The molecule has 3 aromatic rings. The van der Waals surface area contributed by atoms with Gasteiger partial charge in [-0.3, -0.25) is 4.90 Å². The molecule has 1 aliphatic rings. The Morgan fingerprint density at radius 2 is 1.83 bits per heavy atom. The Morgan fingerprint density at radius 1 is 1.07 bits per heavy atom. The zero-order chi connectivity index (χ0) is 20.1. The van der Waals surface area contributed by atoms with E-state index in [2.05, 4.69) is 40.7 Å². The first-order valence-electron chi connectivity index (χ1n) is 10.4. The van der Waals surface area contributed by atoms with Crippen LogP contribution >= 0.6 is 11.6 Å². The number of nitrogens with zero attached hydrogens (tertiary/aromatic N) is 3. The smallest absolute Gasteiger partial charge is 0.137 e. The second-order valence-corrected chi connectivity index (χ2v) is 7.83. The summed E-state index contributed by atoms with van der Waals surface area (Å²) >= 11 is 6.16. The van der Waals surface area contributed by atoms with Gasteiger partial charge in [0.1, 0.15) is 11.6 Å². The van der Waals surface area contributed by atoms with Crippen LogP contribution < -0.4 is 4.74 Å². The monoisotopic (exact) mass is 413 g/mol. The molecule has 4 rings (SSSR count). The molecule has 29 heavy (non-hydrogen) atoms. The highest BCUT2D eigenvalue weighted by molar-refractivity contribution is 6.32. The lowest BCUT2D eigenvalue weighted by atomic mass is 10.2. The molecule has 1 fully saturated rings. The van der Waals surface area contributed by atoms with E-state index in [1.165, 1.54) is 5.52 Å². The van der Waals surface area contributed by atoms with E-state index in [9.17, 15) is 0 Å². The molecular weight excluding hydrogens is 386 g/mol. The summed E-state index contributed by atoms with van der Waals surface area (Å²) in [6.45, 7) is 7.34. The number of benzene rings is 2. The molecule has 154 valence electrons. The van der Waals surface area contributed by atoms with Crippen molar-refractivity contribution in [3.8, 4) is 5.75 Å². The zero-order valence-electron chi connectivity index (χ0n) is 16.9. The number of morpholine rings is 1. The zero-order valence-corrected chi connectivity index (χ0v) is 17.6. The molecule has 2 aromatic carbocycles. The topological polar surface area (TPSA) is 39.5 Å². The van der Waals surface area contributed by atoms with Gasteiger partial charge in [0, 0.05) is 19.6 Å². The van der Waals surface area contributed by atoms with Gasteiger partial charge in [-0.05, 0) is 44.0 Å². The lowest BCUT2D eigenvalue weighted by Crippen LogP contribution is -2.39. The van der Waals surface area contributed by atoms with Crippen LogP contribution in [0.25, 0.3) is 11.0 Å². The largest absolute Gasteiger partial charge is 0.492 e. The molecule has 5 nitrogen and oxygen atoms in total. The fourth-order valence-electron chi connectivity index (χ4n) is 3.89. The maximum Gasteiger partial charge on any atom is 0.137 e. The number of para-hydroxylation sites is 3. The highest BCUT2D eigenvalue weighted by Crippen LogP contribution is 2.26. The van der Waals surface area contributed by atoms with Crippen molar-refractivity contribution in [2.75, 3.05) is 32.9 Å². The molecule has 0 N–H and O–H groups in total. The Labute approximate surface area is 177 Å². The molecule has 0 radical (unpaired) electrons. The standard InChI is InChI=1S/C23H28ClN3O2/c1-18(26-13-16-28-17-14-26)23-25-20-9-3-4-10-21(20)27(23)12-6-7-15-29-22-11-5-2-8-19(22)24/h2-5,8-11,18H,6-7,12-17H2,1H3. The molecule has 2 heterocycles. The van der Waals surface area contributed by atoms with Crippen LogP contribution in [0.5, 0.6) is 5.75 Å². The van der Waals surface area contributed by atoms with Crippen molar-refractivity contribution in [2.24, 2.45) is 0 Å². The summed E-state index contributed by atoms with van der Waals surface area (Å²) in [5.41, 5.74) is 2.27. The molecule has 1 atom stereocenters. The van der Waals surface area contributed by atoms with Crippen LogP contribution in [0, 0.1) is 0 Å². The van der Waals surface area contributed by atoms with Crippen LogP contribution in [0.1, 0.15) is 31.6 Å². The van der Waals surface area contributed by atoms with Gasteiger partial charge < -0.3 is 14.0 Å². The van der Waals surface area contributed by atoms with Crippen molar-refractivity contribution in [2.45, 2.75) is 32.4 Å². The van der Waals surface area contributed by atoms with Crippen LogP contribution in [0.4, 0.5) is 0 Å². The number of imidazole rings is 1. The number of unbranched alkanes of at least 4 members (excludes halogenated alkanes) is 1. The first kappa shape index (κ1) is 20.2. The normalized spacial score (nSPS) is 16.2. The predicted molar refractivity (Wildman–Crippen MR) is 117 cm³/mol. The van der Waals surface area contributed by atoms with E-state index < -0.39 is 0 Å². The number of aryl methyl sites for hydroxylation is 1. The SMILES string of the molecule is CC(c1nc2ccccc2n1CCCCOc1ccccc1Cl)N1CCOCC1. The minimum atomic E-state index is 0.269. The number of hydrogen-bond donors (Lipinski definition) is 0.